The van der Waals surface area contributed by atoms with Gasteiger partial charge in [-0.15, -0.1) is 0 Å². The van der Waals surface area contributed by atoms with Gasteiger partial charge in [-0.25, -0.2) is 0 Å². The maximum absolute atomic E-state index is 10.5. The molecule has 0 aromatic heterocycles. The van der Waals surface area contributed by atoms with Gasteiger partial charge in [0.05, 0.1) is 6.10 Å². The number of aliphatic hydroxyl groups is 1. The summed E-state index contributed by atoms with van der Waals surface area (Å²) in [6.45, 7) is 10.9. The lowest BCUT2D eigenvalue weighted by Gasteiger charge is -2.48. The first-order valence-electron chi connectivity index (χ1n) is 6.53. The summed E-state index contributed by atoms with van der Waals surface area (Å²) < 4.78 is 0. The van der Waals surface area contributed by atoms with Gasteiger partial charge >= 0.3 is 0 Å². The van der Waals surface area contributed by atoms with E-state index in [4.69, 9.17) is 0 Å². The van der Waals surface area contributed by atoms with Gasteiger partial charge < -0.3 is 5.11 Å². The van der Waals surface area contributed by atoms with E-state index in [1.807, 2.05) is 0 Å². The molecule has 0 spiro atoms. The van der Waals surface area contributed by atoms with E-state index in [9.17, 15) is 5.11 Å². The molecule has 90 valence electrons. The van der Waals surface area contributed by atoms with E-state index >= 15 is 0 Å². The van der Waals surface area contributed by atoms with E-state index in [1.54, 1.807) is 0 Å². The minimum atomic E-state index is -0.142. The number of aliphatic hydroxyl groups excluding tert-OH is 1. The monoisotopic (exact) mass is 213 g/mol. The Morgan fingerprint density at radius 3 is 2.07 bits per heavy atom. The third kappa shape index (κ3) is 2.36. The lowest BCUT2D eigenvalue weighted by molar-refractivity contribution is -0.0695. The predicted molar refractivity (Wildman–Crippen MR) is 65.0 cm³/mol. The zero-order valence-electron chi connectivity index (χ0n) is 10.8. The fourth-order valence-corrected chi connectivity index (χ4v) is 2.83. The minimum Gasteiger partial charge on any atom is -0.391 e. The number of rotatable bonds is 6. The summed E-state index contributed by atoms with van der Waals surface area (Å²) in [6, 6.07) is 0. The van der Waals surface area contributed by atoms with E-state index in [0.29, 0.717) is 5.92 Å². The van der Waals surface area contributed by atoms with Crippen molar-refractivity contribution in [2.75, 3.05) is 13.1 Å². The summed E-state index contributed by atoms with van der Waals surface area (Å²) in [4.78, 5) is 2.41. The maximum Gasteiger partial charge on any atom is 0.0749 e. The molecule has 0 radical (unpaired) electrons. The molecule has 2 nitrogen and oxygen atoms in total. The highest BCUT2D eigenvalue weighted by Crippen LogP contribution is 2.37. The largest absolute Gasteiger partial charge is 0.391 e. The van der Waals surface area contributed by atoms with Gasteiger partial charge in [0.1, 0.15) is 0 Å². The topological polar surface area (TPSA) is 23.5 Å². The number of hydrogen-bond donors (Lipinski definition) is 1. The fraction of sp³-hybridized carbons (Fsp3) is 1.00. The summed E-state index contributed by atoms with van der Waals surface area (Å²) in [5, 5.41) is 10.5. The second kappa shape index (κ2) is 5.31. The number of hydrogen-bond acceptors (Lipinski definition) is 2. The van der Waals surface area contributed by atoms with Crippen molar-refractivity contribution in [3.63, 3.8) is 0 Å². The Morgan fingerprint density at radius 2 is 1.80 bits per heavy atom. The first kappa shape index (κ1) is 13.0. The minimum absolute atomic E-state index is 0.0193. The molecule has 2 atom stereocenters. The molecule has 0 aromatic rings. The van der Waals surface area contributed by atoms with E-state index in [0.717, 1.165) is 19.5 Å². The van der Waals surface area contributed by atoms with Gasteiger partial charge in [-0.2, -0.15) is 0 Å². The van der Waals surface area contributed by atoms with Gasteiger partial charge in [-0.1, -0.05) is 27.2 Å². The summed E-state index contributed by atoms with van der Waals surface area (Å²) in [6.07, 6.45) is 4.64. The fourth-order valence-electron chi connectivity index (χ4n) is 2.83. The summed E-state index contributed by atoms with van der Waals surface area (Å²) in [7, 11) is 0. The van der Waals surface area contributed by atoms with Crippen LogP contribution in [-0.4, -0.2) is 34.7 Å². The molecule has 1 saturated carbocycles. The summed E-state index contributed by atoms with van der Waals surface area (Å²) in [5.74, 6) is 0.551. The molecular weight excluding hydrogens is 186 g/mol. The van der Waals surface area contributed by atoms with Gasteiger partial charge in [0.15, 0.2) is 0 Å². The third-order valence-corrected chi connectivity index (χ3v) is 4.44. The first-order valence-corrected chi connectivity index (χ1v) is 6.53. The van der Waals surface area contributed by atoms with Crippen molar-refractivity contribution in [2.45, 2.75) is 65.0 Å². The second-order valence-corrected chi connectivity index (χ2v) is 5.02. The average molecular weight is 213 g/mol. The maximum atomic E-state index is 10.5. The zero-order chi connectivity index (χ0) is 11.5. The van der Waals surface area contributed by atoms with Crippen LogP contribution in [0.1, 0.15) is 53.4 Å². The molecular formula is C13H27NO. The van der Waals surface area contributed by atoms with Crippen LogP contribution in [0.25, 0.3) is 0 Å². The van der Waals surface area contributed by atoms with Crippen LogP contribution in [0.3, 0.4) is 0 Å². The molecule has 0 heterocycles. The van der Waals surface area contributed by atoms with Crippen LogP contribution in [0.4, 0.5) is 0 Å². The lowest BCUT2D eigenvalue weighted by atomic mass is 9.72. The van der Waals surface area contributed by atoms with Gasteiger partial charge in [-0.3, -0.25) is 4.90 Å². The Labute approximate surface area is 94.7 Å². The molecule has 0 amide bonds. The Morgan fingerprint density at radius 1 is 1.27 bits per heavy atom. The van der Waals surface area contributed by atoms with Crippen molar-refractivity contribution in [1.29, 1.82) is 0 Å². The molecule has 15 heavy (non-hydrogen) atoms. The average Bonchev–Trinajstić information content (AvgIpc) is 2.16. The smallest absolute Gasteiger partial charge is 0.0749 e. The van der Waals surface area contributed by atoms with Gasteiger partial charge in [0.2, 0.25) is 0 Å². The molecule has 2 heteroatoms. The molecule has 2 unspecified atom stereocenters. The van der Waals surface area contributed by atoms with Crippen molar-refractivity contribution in [3.8, 4) is 0 Å². The van der Waals surface area contributed by atoms with Crippen LogP contribution in [0.2, 0.25) is 0 Å². The normalized spacial score (nSPS) is 23.6. The molecule has 0 bridgehead atoms. The molecule has 1 aliphatic rings. The van der Waals surface area contributed by atoms with Crippen LogP contribution >= 0.6 is 0 Å². The molecule has 1 N–H and O–H groups in total. The molecule has 1 fully saturated rings. The van der Waals surface area contributed by atoms with Crippen LogP contribution in [0.15, 0.2) is 0 Å². The van der Waals surface area contributed by atoms with E-state index < -0.39 is 0 Å². The van der Waals surface area contributed by atoms with Gasteiger partial charge in [-0.05, 0) is 45.2 Å². The van der Waals surface area contributed by atoms with Crippen molar-refractivity contribution in [1.82, 2.24) is 4.90 Å². The standard InChI is InChI=1S/C13H27NO/c1-5-13(4,14(6-2)7-3)12(15)11-9-8-10-11/h11-12,15H,5-10H2,1-4H3. The third-order valence-electron chi connectivity index (χ3n) is 4.44. The lowest BCUT2D eigenvalue weighted by Crippen LogP contribution is -2.57. The van der Waals surface area contributed by atoms with E-state index in [2.05, 4.69) is 32.6 Å². The Balaban J connectivity index is 2.71. The highest BCUT2D eigenvalue weighted by molar-refractivity contribution is 4.96. The molecule has 0 aromatic carbocycles. The Kier molecular flexibility index (Phi) is 4.60. The van der Waals surface area contributed by atoms with Gasteiger partial charge in [0.25, 0.3) is 0 Å². The summed E-state index contributed by atoms with van der Waals surface area (Å²) in [5.41, 5.74) is -0.0193. The molecule has 0 aliphatic heterocycles. The van der Waals surface area contributed by atoms with Crippen molar-refractivity contribution < 1.29 is 5.11 Å². The highest BCUT2D eigenvalue weighted by Gasteiger charge is 2.41. The van der Waals surface area contributed by atoms with Crippen LogP contribution in [-0.2, 0) is 0 Å². The molecule has 1 aliphatic carbocycles. The Hall–Kier alpha value is -0.0800. The van der Waals surface area contributed by atoms with Crippen LogP contribution in [0.5, 0.6) is 0 Å². The van der Waals surface area contributed by atoms with Crippen molar-refractivity contribution in [2.24, 2.45) is 5.92 Å². The summed E-state index contributed by atoms with van der Waals surface area (Å²) >= 11 is 0. The van der Waals surface area contributed by atoms with Crippen LogP contribution < -0.4 is 0 Å². The van der Waals surface area contributed by atoms with Gasteiger partial charge in [0, 0.05) is 5.54 Å². The van der Waals surface area contributed by atoms with Crippen LogP contribution in [0, 0.1) is 5.92 Å². The number of nitrogens with zero attached hydrogens (tertiary/aromatic N) is 1. The first-order chi connectivity index (χ1) is 7.10. The predicted octanol–water partition coefficient (Wildman–Crippen LogP) is 2.66. The van der Waals surface area contributed by atoms with Crippen molar-refractivity contribution >= 4 is 0 Å². The quantitative estimate of drug-likeness (QED) is 0.733. The van der Waals surface area contributed by atoms with E-state index in [1.165, 1.54) is 19.3 Å². The highest BCUT2D eigenvalue weighted by atomic mass is 16.3. The number of likely N-dealkylation sites (N-methyl/N-ethyl adjacent to an activating group) is 1. The van der Waals surface area contributed by atoms with E-state index in [-0.39, 0.29) is 11.6 Å². The van der Waals surface area contributed by atoms with Crippen molar-refractivity contribution in [3.05, 3.63) is 0 Å². The second-order valence-electron chi connectivity index (χ2n) is 5.02. The molecule has 0 saturated heterocycles. The SMILES string of the molecule is CCN(CC)C(C)(CC)C(O)C1CCC1. The zero-order valence-corrected chi connectivity index (χ0v) is 10.8. The molecule has 1 rings (SSSR count). The Bertz CT molecular complexity index is 187.